The fraction of sp³-hybridized carbons (Fsp3) is 0.438. The van der Waals surface area contributed by atoms with Crippen molar-refractivity contribution in [1.29, 1.82) is 0 Å². The van der Waals surface area contributed by atoms with E-state index in [2.05, 4.69) is 5.32 Å². The Kier molecular flexibility index (Phi) is 4.51. The molecule has 21 heavy (non-hydrogen) atoms. The molecule has 3 N–H and O–H groups in total. The average molecular weight is 305 g/mol. The van der Waals surface area contributed by atoms with Crippen molar-refractivity contribution in [2.45, 2.75) is 32.1 Å². The van der Waals surface area contributed by atoms with Crippen LogP contribution in [0.2, 0.25) is 0 Å². The Morgan fingerprint density at radius 3 is 3.05 bits per heavy atom. The van der Waals surface area contributed by atoms with Crippen LogP contribution >= 0.6 is 11.3 Å². The summed E-state index contributed by atoms with van der Waals surface area (Å²) in [5, 5.41) is 4.30. The number of hydrogen-bond acceptors (Lipinski definition) is 4. The second kappa shape index (κ2) is 6.54. The van der Waals surface area contributed by atoms with Crippen LogP contribution in [0.15, 0.2) is 18.2 Å². The maximum absolute atomic E-state index is 13.6. The number of nitrogens with one attached hydrogen (secondary N) is 1. The quantitative estimate of drug-likeness (QED) is 0.830. The number of nitrogens with zero attached hydrogens (tertiary/aromatic N) is 1. The first-order valence-electron chi connectivity index (χ1n) is 7.50. The maximum atomic E-state index is 13.6. The molecule has 1 aromatic carbocycles. The molecule has 1 aliphatic rings. The summed E-state index contributed by atoms with van der Waals surface area (Å²) in [5.74, 6) is -0.188. The molecular weight excluding hydrogens is 285 g/mol. The second-order valence-corrected chi connectivity index (χ2v) is 6.45. The van der Waals surface area contributed by atoms with E-state index in [4.69, 9.17) is 10.7 Å². The van der Waals surface area contributed by atoms with E-state index >= 15 is 0 Å². The number of nitrogens with two attached hydrogens (primary N) is 1. The molecule has 1 heterocycles. The third kappa shape index (κ3) is 3.24. The van der Waals surface area contributed by atoms with Crippen molar-refractivity contribution in [2.24, 2.45) is 5.73 Å². The molecule has 0 amide bonds. The van der Waals surface area contributed by atoms with Crippen molar-refractivity contribution in [1.82, 2.24) is 4.98 Å². The summed E-state index contributed by atoms with van der Waals surface area (Å²) >= 11 is 1.70. The number of hydrogen-bond donors (Lipinski definition) is 2. The Balaban J connectivity index is 1.84. The lowest BCUT2D eigenvalue weighted by atomic mass is 10.0. The van der Waals surface area contributed by atoms with Crippen LogP contribution in [0.4, 0.5) is 9.52 Å². The molecular formula is C16H20FN3S. The van der Waals surface area contributed by atoms with Crippen LogP contribution in [0.5, 0.6) is 0 Å². The standard InChI is InChI=1S/C16H20FN3S/c17-12-7-6-11-4-3-5-14-15(13(11)10-12)20-16(21-14)19-9-2-1-8-18/h6-7,10H,1-5,8-9,18H2,(H,19,20). The zero-order valence-corrected chi connectivity index (χ0v) is 12.8. The van der Waals surface area contributed by atoms with Gasteiger partial charge in [-0.05, 0) is 56.3 Å². The summed E-state index contributed by atoms with van der Waals surface area (Å²) in [4.78, 5) is 5.96. The van der Waals surface area contributed by atoms with Gasteiger partial charge in [-0.25, -0.2) is 9.37 Å². The van der Waals surface area contributed by atoms with Crippen molar-refractivity contribution < 1.29 is 4.39 Å². The molecule has 3 nitrogen and oxygen atoms in total. The lowest BCUT2D eigenvalue weighted by Crippen LogP contribution is -2.05. The van der Waals surface area contributed by atoms with Gasteiger partial charge in [0.2, 0.25) is 0 Å². The van der Waals surface area contributed by atoms with Crippen LogP contribution in [0, 0.1) is 5.82 Å². The smallest absolute Gasteiger partial charge is 0.183 e. The van der Waals surface area contributed by atoms with Crippen LogP contribution in [0.3, 0.4) is 0 Å². The molecule has 0 fully saturated rings. The molecule has 0 bridgehead atoms. The van der Waals surface area contributed by atoms with Gasteiger partial charge in [0.15, 0.2) is 5.13 Å². The second-order valence-electron chi connectivity index (χ2n) is 5.37. The van der Waals surface area contributed by atoms with Gasteiger partial charge >= 0.3 is 0 Å². The minimum absolute atomic E-state index is 0.188. The predicted molar refractivity (Wildman–Crippen MR) is 86.3 cm³/mol. The molecule has 1 aliphatic carbocycles. The van der Waals surface area contributed by atoms with Crippen LogP contribution in [0.25, 0.3) is 11.3 Å². The minimum Gasteiger partial charge on any atom is -0.361 e. The van der Waals surface area contributed by atoms with E-state index < -0.39 is 0 Å². The minimum atomic E-state index is -0.188. The van der Waals surface area contributed by atoms with Crippen LogP contribution in [0.1, 0.15) is 29.7 Å². The molecule has 0 atom stereocenters. The summed E-state index contributed by atoms with van der Waals surface area (Å²) in [6, 6.07) is 5.06. The fourth-order valence-corrected chi connectivity index (χ4v) is 3.74. The number of anilines is 1. The molecule has 0 radical (unpaired) electrons. The first-order chi connectivity index (χ1) is 10.3. The zero-order chi connectivity index (χ0) is 14.7. The lowest BCUT2D eigenvalue weighted by molar-refractivity contribution is 0.627. The van der Waals surface area contributed by atoms with Gasteiger partial charge in [0.1, 0.15) is 5.82 Å². The van der Waals surface area contributed by atoms with E-state index in [1.165, 1.54) is 10.4 Å². The first-order valence-corrected chi connectivity index (χ1v) is 8.32. The number of thiazole rings is 1. The highest BCUT2D eigenvalue weighted by atomic mass is 32.1. The summed E-state index contributed by atoms with van der Waals surface area (Å²) in [5.41, 5.74) is 8.63. The van der Waals surface area contributed by atoms with Crippen molar-refractivity contribution in [3.8, 4) is 11.3 Å². The molecule has 1 aromatic heterocycles. The number of aryl methyl sites for hydroxylation is 2. The van der Waals surface area contributed by atoms with Gasteiger partial charge in [0, 0.05) is 17.0 Å². The van der Waals surface area contributed by atoms with Gasteiger partial charge in [-0.1, -0.05) is 6.07 Å². The molecule has 3 rings (SSSR count). The van der Waals surface area contributed by atoms with Gasteiger partial charge in [0.05, 0.1) is 5.69 Å². The highest BCUT2D eigenvalue weighted by Crippen LogP contribution is 2.37. The van der Waals surface area contributed by atoms with E-state index in [0.717, 1.165) is 61.6 Å². The topological polar surface area (TPSA) is 50.9 Å². The van der Waals surface area contributed by atoms with Crippen molar-refractivity contribution in [3.05, 3.63) is 34.5 Å². The number of aromatic nitrogens is 1. The highest BCUT2D eigenvalue weighted by Gasteiger charge is 2.19. The maximum Gasteiger partial charge on any atom is 0.183 e. The van der Waals surface area contributed by atoms with Gasteiger partial charge in [-0.15, -0.1) is 11.3 Å². The van der Waals surface area contributed by atoms with Crippen LogP contribution in [-0.2, 0) is 12.8 Å². The van der Waals surface area contributed by atoms with Gasteiger partial charge in [-0.2, -0.15) is 0 Å². The van der Waals surface area contributed by atoms with Crippen molar-refractivity contribution in [2.75, 3.05) is 18.4 Å². The summed E-state index contributed by atoms with van der Waals surface area (Å²) in [6.45, 7) is 1.61. The van der Waals surface area contributed by atoms with Crippen molar-refractivity contribution >= 4 is 16.5 Å². The monoisotopic (exact) mass is 305 g/mol. The Labute approximate surface area is 128 Å². The normalized spacial score (nSPS) is 13.4. The molecule has 112 valence electrons. The van der Waals surface area contributed by atoms with E-state index in [0.29, 0.717) is 0 Å². The van der Waals surface area contributed by atoms with E-state index in [9.17, 15) is 4.39 Å². The molecule has 5 heteroatoms. The Morgan fingerprint density at radius 1 is 1.29 bits per heavy atom. The predicted octanol–water partition coefficient (Wildman–Crippen LogP) is 3.59. The molecule has 0 spiro atoms. The Bertz CT molecular complexity index is 624. The Morgan fingerprint density at radius 2 is 2.19 bits per heavy atom. The number of benzene rings is 1. The number of fused-ring (bicyclic) bond motifs is 3. The van der Waals surface area contributed by atoms with E-state index in [1.54, 1.807) is 23.5 Å². The molecule has 0 saturated carbocycles. The SMILES string of the molecule is NCCCCNc1nc2c(s1)CCCc1ccc(F)cc1-2. The van der Waals surface area contributed by atoms with Crippen LogP contribution < -0.4 is 11.1 Å². The number of halogens is 1. The van der Waals surface area contributed by atoms with Crippen molar-refractivity contribution in [3.63, 3.8) is 0 Å². The average Bonchev–Trinajstić information content (AvgIpc) is 2.81. The number of unbranched alkanes of at least 4 members (excludes halogenated alkanes) is 1. The summed E-state index contributed by atoms with van der Waals surface area (Å²) in [6.07, 6.45) is 5.18. The number of rotatable bonds is 5. The van der Waals surface area contributed by atoms with E-state index in [-0.39, 0.29) is 5.82 Å². The molecule has 0 aliphatic heterocycles. The largest absolute Gasteiger partial charge is 0.361 e. The van der Waals surface area contributed by atoms with Gasteiger partial charge in [0.25, 0.3) is 0 Å². The summed E-state index contributed by atoms with van der Waals surface area (Å²) < 4.78 is 13.6. The zero-order valence-electron chi connectivity index (χ0n) is 12.0. The van der Waals surface area contributed by atoms with Crippen LogP contribution in [-0.4, -0.2) is 18.1 Å². The molecule has 0 unspecified atom stereocenters. The van der Waals surface area contributed by atoms with Gasteiger partial charge in [-0.3, -0.25) is 0 Å². The lowest BCUT2D eigenvalue weighted by Gasteiger charge is -2.05. The van der Waals surface area contributed by atoms with Gasteiger partial charge < -0.3 is 11.1 Å². The fourth-order valence-electron chi connectivity index (χ4n) is 2.70. The summed E-state index contributed by atoms with van der Waals surface area (Å²) in [7, 11) is 0. The molecule has 2 aromatic rings. The third-order valence-electron chi connectivity index (χ3n) is 3.78. The first kappa shape index (κ1) is 14.5. The molecule has 0 saturated heterocycles. The Hall–Kier alpha value is -1.46. The third-order valence-corrected chi connectivity index (χ3v) is 4.85. The highest BCUT2D eigenvalue weighted by molar-refractivity contribution is 7.16. The van der Waals surface area contributed by atoms with E-state index in [1.807, 2.05) is 6.07 Å².